The molecule has 0 aliphatic rings. The fourth-order valence-electron chi connectivity index (χ4n) is 0.163. The Morgan fingerprint density at radius 2 is 1.50 bits per heavy atom. The molecule has 0 bridgehead atoms. The predicted octanol–water partition coefficient (Wildman–Crippen LogP) is 5.34. The Morgan fingerprint density at radius 3 is 1.60 bits per heavy atom. The normalized spacial score (nSPS) is 14.7. The molecule has 0 amide bonds. The van der Waals surface area contributed by atoms with E-state index in [0.717, 1.165) is 7.96 Å². The first-order valence-corrected chi connectivity index (χ1v) is 16.8. The van der Waals surface area contributed by atoms with E-state index in [2.05, 4.69) is 44.6 Å². The molecule has 0 radical (unpaired) electrons. The van der Waals surface area contributed by atoms with Crippen molar-refractivity contribution in [3.05, 3.63) is 0 Å². The Morgan fingerprint density at radius 1 is 1.10 bits per heavy atom. The summed E-state index contributed by atoms with van der Waals surface area (Å²) in [5.41, 5.74) is 0. The summed E-state index contributed by atoms with van der Waals surface area (Å²) in [4.78, 5) is 0. The smallest absolute Gasteiger partial charge is 0 e. The van der Waals surface area contributed by atoms with Crippen LogP contribution in [0, 0.1) is 0 Å². The summed E-state index contributed by atoms with van der Waals surface area (Å²) in [6, 6.07) is 0. The maximum Gasteiger partial charge on any atom is 0 e. The summed E-state index contributed by atoms with van der Waals surface area (Å²) in [5.74, 6) is 0. The minimum atomic E-state index is -0.0534. The number of rotatable bonds is 3. The minimum absolute atomic E-state index is 0. The summed E-state index contributed by atoms with van der Waals surface area (Å²) < 4.78 is 0. The van der Waals surface area contributed by atoms with Crippen molar-refractivity contribution in [2.45, 2.75) is 0 Å². The molecule has 0 saturated carbocycles. The minimum Gasteiger partial charge on any atom is -0.553 e. The van der Waals surface area contributed by atoms with Gasteiger partial charge in [0.2, 0.25) is 0 Å². The fraction of sp³-hybridized carbons (Fsp3) is 0. The third kappa shape index (κ3) is 10.6. The molecule has 0 aromatic carbocycles. The number of hydrogen-bond donors (Lipinski definition) is 0. The summed E-state index contributed by atoms with van der Waals surface area (Å²) in [5, 5.41) is 0. The molecule has 10 heteroatoms. The molecule has 0 nitrogen and oxygen atoms in total. The predicted molar refractivity (Wildman–Crippen MR) is 74.8 cm³/mol. The second-order valence-electron chi connectivity index (χ2n) is 1.16. The molecule has 0 aliphatic heterocycles. The van der Waals surface area contributed by atoms with Crippen LogP contribution in [0.25, 0.3) is 0 Å². The molecule has 0 aliphatic carbocycles. The van der Waals surface area contributed by atoms with Gasteiger partial charge < -0.3 is 24.8 Å². The molecule has 62 valence electrons. The molecule has 0 N–H and O–H groups in total. The van der Waals surface area contributed by atoms with Crippen LogP contribution in [0.5, 0.6) is 0 Å². The van der Waals surface area contributed by atoms with Crippen LogP contribution in [0.15, 0.2) is 0 Å². The average Bonchev–Trinajstić information content (AvgIpc) is 1.63. The zero-order valence-corrected chi connectivity index (χ0v) is 17.1. The Hall–Kier alpha value is 4.56. The van der Waals surface area contributed by atoms with E-state index in [1.165, 1.54) is 0 Å². The topological polar surface area (TPSA) is 0 Å². The molecule has 0 saturated heterocycles. The molecular formula is H9P9W-2. The van der Waals surface area contributed by atoms with Crippen LogP contribution in [0.2, 0.25) is 0 Å². The first kappa shape index (κ1) is 17.0. The monoisotopic (exact) mass is 472 g/mol. The Balaban J connectivity index is 0. The van der Waals surface area contributed by atoms with Crippen LogP contribution in [-0.4, -0.2) is 0 Å². The van der Waals surface area contributed by atoms with Crippen molar-refractivity contribution in [1.29, 1.82) is 0 Å². The van der Waals surface area contributed by atoms with Crippen LogP contribution in [0.3, 0.4) is 0 Å². The second-order valence-corrected chi connectivity index (χ2v) is 31.4. The fourth-order valence-corrected chi connectivity index (χ4v) is 39.6. The van der Waals surface area contributed by atoms with Crippen molar-refractivity contribution in [2.24, 2.45) is 0 Å². The van der Waals surface area contributed by atoms with Crippen LogP contribution < -0.4 is 0 Å². The van der Waals surface area contributed by atoms with Gasteiger partial charge in [0.05, 0.1) is 0 Å². The van der Waals surface area contributed by atoms with E-state index in [1.807, 2.05) is 0 Å². The molecule has 0 aromatic heterocycles. The van der Waals surface area contributed by atoms with Gasteiger partial charge in [-0.3, -0.25) is 0 Å². The largest absolute Gasteiger partial charge is 0.553 e. The van der Waals surface area contributed by atoms with E-state index in [-0.39, 0.29) is 42.0 Å². The zero-order chi connectivity index (χ0) is 7.44. The zero-order valence-electron chi connectivity index (χ0n) is 4.98. The molecule has 0 fully saturated rings. The third-order valence-electron chi connectivity index (χ3n) is 0.433. The Kier molecular flexibility index (Phi) is 17.1. The molecule has 0 heterocycles. The van der Waals surface area contributed by atoms with E-state index in [0.29, 0.717) is 0 Å². The van der Waals surface area contributed by atoms with Crippen molar-refractivity contribution in [3.63, 3.8) is 0 Å². The van der Waals surface area contributed by atoms with Crippen molar-refractivity contribution in [3.8, 4) is 0 Å². The van der Waals surface area contributed by atoms with E-state index >= 15 is 0 Å². The van der Waals surface area contributed by atoms with Gasteiger partial charge in [-0.1, -0.05) is 14.9 Å². The van der Waals surface area contributed by atoms with E-state index in [4.69, 9.17) is 0 Å². The van der Waals surface area contributed by atoms with Gasteiger partial charge in [0, 0.05) is 21.1 Å². The maximum atomic E-state index is 3.60. The molecule has 5 unspecified atom stereocenters. The van der Waals surface area contributed by atoms with Gasteiger partial charge in [-0.25, -0.2) is 0 Å². The van der Waals surface area contributed by atoms with Gasteiger partial charge in [0.1, 0.15) is 0 Å². The van der Waals surface area contributed by atoms with Gasteiger partial charge in [-0.05, 0) is 6.99 Å². The first-order valence-electron chi connectivity index (χ1n) is 1.87. The van der Waals surface area contributed by atoms with Gasteiger partial charge in [-0.15, -0.1) is 26.8 Å². The summed E-state index contributed by atoms with van der Waals surface area (Å²) >= 11 is 0. The molecule has 5 atom stereocenters. The Labute approximate surface area is 94.0 Å². The molecule has 0 rings (SSSR count). The summed E-state index contributed by atoms with van der Waals surface area (Å²) in [6.45, 7) is 0.242. The van der Waals surface area contributed by atoms with Gasteiger partial charge in [0.15, 0.2) is 0 Å². The van der Waals surface area contributed by atoms with Crippen LogP contribution in [0.1, 0.15) is 0 Å². The van der Waals surface area contributed by atoms with Crippen molar-refractivity contribution >= 4 is 73.6 Å². The summed E-state index contributed by atoms with van der Waals surface area (Å²) in [7, 11) is 16.9. The van der Waals surface area contributed by atoms with Gasteiger partial charge >= 0.3 is 0 Å². The Bertz CT molecular complexity index is 67.1. The van der Waals surface area contributed by atoms with E-state index in [1.54, 1.807) is 0 Å². The molecule has 0 aromatic rings. The maximum absolute atomic E-state index is 3.60. The van der Waals surface area contributed by atoms with E-state index in [9.17, 15) is 0 Å². The number of hydrogen-bond acceptors (Lipinski definition) is 0. The van der Waals surface area contributed by atoms with Crippen molar-refractivity contribution < 1.29 is 21.1 Å². The molecule has 0 spiro atoms. The molecule has 10 heavy (non-hydrogen) atoms. The van der Waals surface area contributed by atoms with Crippen LogP contribution in [-0.2, 0) is 21.1 Å². The van der Waals surface area contributed by atoms with E-state index < -0.39 is 0 Å². The first-order chi connectivity index (χ1) is 4.04. The van der Waals surface area contributed by atoms with Crippen molar-refractivity contribution in [2.75, 3.05) is 0 Å². The van der Waals surface area contributed by atoms with Crippen molar-refractivity contribution in [1.82, 2.24) is 0 Å². The van der Waals surface area contributed by atoms with Crippen LogP contribution in [0.4, 0.5) is 0 Å². The van der Waals surface area contributed by atoms with Crippen LogP contribution >= 0.6 is 73.6 Å². The quantitative estimate of drug-likeness (QED) is 0.488. The molecular weight excluding hydrogens is 463 g/mol. The average molecular weight is 472 g/mol. The SMILES string of the molecule is [PH-]P([PH-])P(P)PP(P)P.[W]. The van der Waals surface area contributed by atoms with Gasteiger partial charge in [0.25, 0.3) is 0 Å². The third-order valence-corrected chi connectivity index (χ3v) is 35.1. The summed E-state index contributed by atoms with van der Waals surface area (Å²) in [6.07, 6.45) is 0. The standard InChI is InChI=1S/H9P9.W/c1-7(2)6-9(5)8(3)4;/h3-4,6H,1-2,5H2;/q-2;. The second kappa shape index (κ2) is 10.1. The van der Waals surface area contributed by atoms with Gasteiger partial charge in [-0.2, -0.15) is 0 Å².